The first kappa shape index (κ1) is 15.4. The minimum absolute atomic E-state index is 0.00279. The first-order valence-electron chi connectivity index (χ1n) is 6.28. The maximum atomic E-state index is 10.8. The van der Waals surface area contributed by atoms with Crippen molar-refractivity contribution in [1.82, 2.24) is 5.32 Å². The van der Waals surface area contributed by atoms with Crippen LogP contribution in [0.1, 0.15) is 26.3 Å². The number of nitro benzene ring substituents is 1. The van der Waals surface area contributed by atoms with Crippen LogP contribution in [0.25, 0.3) is 0 Å². The van der Waals surface area contributed by atoms with Crippen LogP contribution in [0.4, 0.5) is 5.69 Å². The fraction of sp³-hybridized carbons (Fsp3) is 0.571. The molecule has 0 radical (unpaired) electrons. The normalized spacial score (nSPS) is 13.1. The molecule has 19 heavy (non-hydrogen) atoms. The molecule has 0 saturated carbocycles. The molecular formula is C14H22N2O3. The van der Waals surface area contributed by atoms with Crippen molar-refractivity contribution >= 4 is 5.69 Å². The Kier molecular flexibility index (Phi) is 4.89. The van der Waals surface area contributed by atoms with Gasteiger partial charge in [-0.05, 0) is 30.5 Å². The highest BCUT2D eigenvalue weighted by Gasteiger charge is 2.24. The van der Waals surface area contributed by atoms with Crippen molar-refractivity contribution in [1.29, 1.82) is 0 Å². The monoisotopic (exact) mass is 266 g/mol. The van der Waals surface area contributed by atoms with Gasteiger partial charge >= 0.3 is 5.69 Å². The zero-order chi connectivity index (χ0) is 14.6. The van der Waals surface area contributed by atoms with Crippen molar-refractivity contribution < 1.29 is 9.66 Å². The van der Waals surface area contributed by atoms with E-state index < -0.39 is 4.92 Å². The maximum Gasteiger partial charge on any atom is 0.310 e. The predicted molar refractivity (Wildman–Crippen MR) is 75.7 cm³/mol. The van der Waals surface area contributed by atoms with Gasteiger partial charge in [0.2, 0.25) is 0 Å². The van der Waals surface area contributed by atoms with Crippen LogP contribution in [0.15, 0.2) is 18.2 Å². The minimum atomic E-state index is -0.429. The summed E-state index contributed by atoms with van der Waals surface area (Å²) in [6.07, 6.45) is 0.800. The molecular weight excluding hydrogens is 244 g/mol. The number of hydrogen-bond donors (Lipinski definition) is 1. The summed E-state index contributed by atoms with van der Waals surface area (Å²) >= 11 is 0. The molecule has 1 atom stereocenters. The van der Waals surface area contributed by atoms with Crippen LogP contribution in [-0.2, 0) is 6.42 Å². The molecule has 0 saturated heterocycles. The number of methoxy groups -OCH3 is 1. The lowest BCUT2D eigenvalue weighted by atomic mass is 9.83. The van der Waals surface area contributed by atoms with Crippen LogP contribution in [0.5, 0.6) is 5.75 Å². The van der Waals surface area contributed by atoms with Gasteiger partial charge in [0.25, 0.3) is 0 Å². The molecule has 106 valence electrons. The van der Waals surface area contributed by atoms with Gasteiger partial charge in [-0.25, -0.2) is 0 Å². The number of nitro groups is 1. The topological polar surface area (TPSA) is 64.4 Å². The summed E-state index contributed by atoms with van der Waals surface area (Å²) in [5.74, 6) is 0.311. The van der Waals surface area contributed by atoms with Crippen molar-refractivity contribution in [3.63, 3.8) is 0 Å². The largest absolute Gasteiger partial charge is 0.490 e. The fourth-order valence-electron chi connectivity index (χ4n) is 2.08. The molecule has 0 fully saturated rings. The SMILES string of the molecule is CNC(Cc1ccc([N+](=O)[O-])c(OC)c1)C(C)(C)C. The summed E-state index contributed by atoms with van der Waals surface area (Å²) in [7, 11) is 3.38. The van der Waals surface area contributed by atoms with E-state index >= 15 is 0 Å². The number of likely N-dealkylation sites (N-methyl/N-ethyl adjacent to an activating group) is 1. The van der Waals surface area contributed by atoms with E-state index in [9.17, 15) is 10.1 Å². The second-order valence-electron chi connectivity index (χ2n) is 5.67. The van der Waals surface area contributed by atoms with Gasteiger partial charge in [0.15, 0.2) is 5.75 Å². The molecule has 0 aliphatic carbocycles. The van der Waals surface area contributed by atoms with Crippen LogP contribution in [0.3, 0.4) is 0 Å². The number of hydrogen-bond acceptors (Lipinski definition) is 4. The summed E-state index contributed by atoms with van der Waals surface area (Å²) in [5.41, 5.74) is 1.14. The van der Waals surface area contributed by atoms with E-state index in [1.807, 2.05) is 7.05 Å². The van der Waals surface area contributed by atoms with Gasteiger partial charge in [0.1, 0.15) is 0 Å². The Bertz CT molecular complexity index is 452. The Morgan fingerprint density at radius 3 is 2.47 bits per heavy atom. The van der Waals surface area contributed by atoms with Gasteiger partial charge in [-0.3, -0.25) is 10.1 Å². The molecule has 1 unspecified atom stereocenters. The summed E-state index contributed by atoms with van der Waals surface area (Å²) < 4.78 is 5.09. The number of benzene rings is 1. The molecule has 1 aromatic rings. The van der Waals surface area contributed by atoms with E-state index in [1.165, 1.54) is 13.2 Å². The van der Waals surface area contributed by atoms with E-state index in [2.05, 4.69) is 26.1 Å². The van der Waals surface area contributed by atoms with Crippen LogP contribution < -0.4 is 10.1 Å². The third-order valence-electron chi connectivity index (χ3n) is 3.27. The van der Waals surface area contributed by atoms with Gasteiger partial charge in [0.05, 0.1) is 12.0 Å². The van der Waals surface area contributed by atoms with Gasteiger partial charge in [-0.15, -0.1) is 0 Å². The fourth-order valence-corrected chi connectivity index (χ4v) is 2.08. The second kappa shape index (κ2) is 6.02. The number of rotatable bonds is 5. The highest BCUT2D eigenvalue weighted by Crippen LogP contribution is 2.29. The molecule has 0 amide bonds. The molecule has 5 heteroatoms. The quantitative estimate of drug-likeness (QED) is 0.657. The Balaban J connectivity index is 3.00. The van der Waals surface area contributed by atoms with Gasteiger partial charge in [-0.2, -0.15) is 0 Å². The molecule has 0 heterocycles. The standard InChI is InChI=1S/C14H22N2O3/c1-14(2,3)13(15-4)9-10-6-7-11(16(17)18)12(8-10)19-5/h6-8,13,15H,9H2,1-5H3. The lowest BCUT2D eigenvalue weighted by molar-refractivity contribution is -0.385. The van der Waals surface area contributed by atoms with Gasteiger partial charge in [0, 0.05) is 12.1 Å². The van der Waals surface area contributed by atoms with E-state index in [0.717, 1.165) is 12.0 Å². The zero-order valence-corrected chi connectivity index (χ0v) is 12.2. The molecule has 1 rings (SSSR count). The van der Waals surface area contributed by atoms with Crippen molar-refractivity contribution in [2.75, 3.05) is 14.2 Å². The minimum Gasteiger partial charge on any atom is -0.490 e. The molecule has 5 nitrogen and oxygen atoms in total. The van der Waals surface area contributed by atoms with Crippen molar-refractivity contribution in [3.8, 4) is 5.75 Å². The Labute approximate surface area is 114 Å². The van der Waals surface area contributed by atoms with E-state index in [1.54, 1.807) is 12.1 Å². The average molecular weight is 266 g/mol. The lowest BCUT2D eigenvalue weighted by Gasteiger charge is -2.30. The van der Waals surface area contributed by atoms with Crippen molar-refractivity contribution in [2.45, 2.75) is 33.2 Å². The molecule has 0 spiro atoms. The summed E-state index contributed by atoms with van der Waals surface area (Å²) in [5, 5.41) is 14.1. The van der Waals surface area contributed by atoms with Crippen LogP contribution >= 0.6 is 0 Å². The van der Waals surface area contributed by atoms with Crippen LogP contribution in [0.2, 0.25) is 0 Å². The molecule has 0 aliphatic heterocycles. The second-order valence-corrected chi connectivity index (χ2v) is 5.67. The van der Waals surface area contributed by atoms with Crippen molar-refractivity contribution in [3.05, 3.63) is 33.9 Å². The summed E-state index contributed by atoms with van der Waals surface area (Å²) in [6.45, 7) is 6.49. The molecule has 1 N–H and O–H groups in total. The molecule has 0 aromatic heterocycles. The smallest absolute Gasteiger partial charge is 0.310 e. The highest BCUT2D eigenvalue weighted by molar-refractivity contribution is 5.48. The Hall–Kier alpha value is -1.62. The molecule has 1 aromatic carbocycles. The molecule has 0 bridgehead atoms. The van der Waals surface area contributed by atoms with E-state index in [0.29, 0.717) is 11.8 Å². The van der Waals surface area contributed by atoms with Crippen molar-refractivity contribution in [2.24, 2.45) is 5.41 Å². The summed E-state index contributed by atoms with van der Waals surface area (Å²) in [6, 6.07) is 5.33. The zero-order valence-electron chi connectivity index (χ0n) is 12.2. The maximum absolute atomic E-state index is 10.8. The lowest BCUT2D eigenvalue weighted by Crippen LogP contribution is -2.39. The Morgan fingerprint density at radius 2 is 2.05 bits per heavy atom. The first-order chi connectivity index (χ1) is 8.79. The first-order valence-corrected chi connectivity index (χ1v) is 6.28. The average Bonchev–Trinajstić information content (AvgIpc) is 2.33. The van der Waals surface area contributed by atoms with Gasteiger partial charge < -0.3 is 10.1 Å². The third kappa shape index (κ3) is 3.92. The van der Waals surface area contributed by atoms with Crippen LogP contribution in [0, 0.1) is 15.5 Å². The highest BCUT2D eigenvalue weighted by atomic mass is 16.6. The number of nitrogens with one attached hydrogen (secondary N) is 1. The Morgan fingerprint density at radius 1 is 1.42 bits per heavy atom. The number of nitrogens with zero attached hydrogens (tertiary/aromatic N) is 1. The molecule has 0 aliphatic rings. The van der Waals surface area contributed by atoms with Gasteiger partial charge in [-0.1, -0.05) is 26.8 Å². The van der Waals surface area contributed by atoms with E-state index in [4.69, 9.17) is 4.74 Å². The predicted octanol–water partition coefficient (Wildman–Crippen LogP) is 2.78. The summed E-state index contributed by atoms with van der Waals surface area (Å²) in [4.78, 5) is 10.4. The van der Waals surface area contributed by atoms with E-state index in [-0.39, 0.29) is 11.1 Å². The third-order valence-corrected chi connectivity index (χ3v) is 3.27. The van der Waals surface area contributed by atoms with Crippen LogP contribution in [-0.4, -0.2) is 25.1 Å². The number of ether oxygens (including phenoxy) is 1.